The van der Waals surface area contributed by atoms with E-state index in [2.05, 4.69) is 15.1 Å². The number of thiophene rings is 1. The molecule has 3 aromatic heterocycles. The molecule has 0 aliphatic carbocycles. The second kappa shape index (κ2) is 8.65. The van der Waals surface area contributed by atoms with Gasteiger partial charge in [-0.1, -0.05) is 60.1 Å². The van der Waals surface area contributed by atoms with Gasteiger partial charge < -0.3 is 9.72 Å². The minimum Gasteiger partial charge on any atom is -0.454 e. The predicted molar refractivity (Wildman–Crippen MR) is 128 cm³/mol. The second-order valence-corrected chi connectivity index (χ2v) is 8.50. The lowest BCUT2D eigenvalue weighted by atomic mass is 10.1. The summed E-state index contributed by atoms with van der Waals surface area (Å²) >= 11 is 7.80. The molecule has 0 atom stereocenters. The third-order valence-corrected chi connectivity index (χ3v) is 6.35. The Morgan fingerprint density at radius 1 is 1.12 bits per heavy atom. The van der Waals surface area contributed by atoms with Gasteiger partial charge in [0.15, 0.2) is 0 Å². The fourth-order valence-corrected chi connectivity index (χ4v) is 4.89. The molecule has 164 valence electrons. The van der Waals surface area contributed by atoms with Gasteiger partial charge in [-0.3, -0.25) is 4.79 Å². The average molecular weight is 477 g/mol. The van der Waals surface area contributed by atoms with Crippen LogP contribution in [0, 0.1) is 6.92 Å². The lowest BCUT2D eigenvalue weighted by Gasteiger charge is -2.06. The number of H-pyrrole nitrogens is 1. The molecule has 0 bridgehead atoms. The predicted octanol–water partition coefficient (Wildman–Crippen LogP) is 5.16. The number of halogens is 1. The van der Waals surface area contributed by atoms with Crippen LogP contribution in [0.3, 0.4) is 0 Å². The number of aromatic amines is 1. The molecule has 3 heterocycles. The van der Waals surface area contributed by atoms with Crippen molar-refractivity contribution in [2.75, 3.05) is 0 Å². The number of nitrogens with zero attached hydrogens (tertiary/aromatic N) is 3. The molecule has 2 aromatic carbocycles. The largest absolute Gasteiger partial charge is 0.454 e. The summed E-state index contributed by atoms with van der Waals surface area (Å²) in [6.07, 6.45) is 0. The third-order valence-electron chi connectivity index (χ3n) is 5.13. The maximum absolute atomic E-state index is 12.8. The lowest BCUT2D eigenvalue weighted by Crippen LogP contribution is -2.14. The van der Waals surface area contributed by atoms with Crippen molar-refractivity contribution in [3.63, 3.8) is 0 Å². The monoisotopic (exact) mass is 476 g/mol. The second-order valence-electron chi connectivity index (χ2n) is 7.28. The minimum atomic E-state index is -0.640. The van der Waals surface area contributed by atoms with Gasteiger partial charge in [-0.05, 0) is 24.6 Å². The van der Waals surface area contributed by atoms with E-state index in [1.165, 1.54) is 16.0 Å². The van der Waals surface area contributed by atoms with E-state index in [1.807, 2.05) is 66.0 Å². The highest BCUT2D eigenvalue weighted by Crippen LogP contribution is 2.30. The van der Waals surface area contributed by atoms with Crippen molar-refractivity contribution < 1.29 is 9.53 Å². The molecule has 0 fully saturated rings. The molecule has 0 radical (unpaired) electrons. The van der Waals surface area contributed by atoms with Gasteiger partial charge in [-0.15, -0.1) is 11.3 Å². The number of esters is 1. The van der Waals surface area contributed by atoms with Crippen LogP contribution in [0.1, 0.15) is 21.9 Å². The van der Waals surface area contributed by atoms with E-state index < -0.39 is 5.97 Å². The summed E-state index contributed by atoms with van der Waals surface area (Å²) in [5.41, 5.74) is 2.83. The van der Waals surface area contributed by atoms with Crippen molar-refractivity contribution in [1.29, 1.82) is 0 Å². The molecule has 0 aliphatic heterocycles. The number of nitrogens with one attached hydrogen (secondary N) is 1. The van der Waals surface area contributed by atoms with Gasteiger partial charge in [0.1, 0.15) is 28.0 Å². The van der Waals surface area contributed by atoms with Crippen LogP contribution in [0.2, 0.25) is 5.15 Å². The van der Waals surface area contributed by atoms with Crippen LogP contribution in [0.15, 0.2) is 70.8 Å². The number of hydrogen-bond donors (Lipinski definition) is 1. The Kier molecular flexibility index (Phi) is 5.53. The Morgan fingerprint density at radius 2 is 1.82 bits per heavy atom. The topological polar surface area (TPSA) is 89.9 Å². The van der Waals surface area contributed by atoms with E-state index in [-0.39, 0.29) is 28.7 Å². The minimum absolute atomic E-state index is 0.159. The number of carbonyl (C=O) groups excluding carboxylic acids is 1. The van der Waals surface area contributed by atoms with Crippen LogP contribution in [0.25, 0.3) is 27.0 Å². The van der Waals surface area contributed by atoms with Crippen molar-refractivity contribution in [2.24, 2.45) is 0 Å². The fourth-order valence-electron chi connectivity index (χ4n) is 3.57. The Labute approximate surface area is 197 Å². The van der Waals surface area contributed by atoms with E-state index in [0.29, 0.717) is 15.9 Å². The van der Waals surface area contributed by atoms with Gasteiger partial charge in [-0.2, -0.15) is 5.10 Å². The first-order chi connectivity index (χ1) is 16.0. The number of aromatic nitrogens is 4. The van der Waals surface area contributed by atoms with Crippen LogP contribution >= 0.6 is 22.9 Å². The molecule has 5 aromatic rings. The maximum atomic E-state index is 12.8. The summed E-state index contributed by atoms with van der Waals surface area (Å²) in [5.74, 6) is -0.384. The van der Waals surface area contributed by atoms with Crippen molar-refractivity contribution in [1.82, 2.24) is 19.7 Å². The average Bonchev–Trinajstić information content (AvgIpc) is 3.39. The van der Waals surface area contributed by atoms with Crippen LogP contribution in [0.4, 0.5) is 0 Å². The lowest BCUT2D eigenvalue weighted by molar-refractivity contribution is 0.0461. The summed E-state index contributed by atoms with van der Waals surface area (Å²) in [5, 5.41) is 6.93. The Morgan fingerprint density at radius 3 is 2.55 bits per heavy atom. The third kappa shape index (κ3) is 3.94. The van der Waals surface area contributed by atoms with E-state index in [1.54, 1.807) is 6.92 Å². The van der Waals surface area contributed by atoms with E-state index in [4.69, 9.17) is 16.3 Å². The van der Waals surface area contributed by atoms with Crippen LogP contribution in [0.5, 0.6) is 0 Å². The Hall–Kier alpha value is -3.75. The summed E-state index contributed by atoms with van der Waals surface area (Å²) < 4.78 is 6.90. The van der Waals surface area contributed by atoms with Crippen molar-refractivity contribution in [3.8, 4) is 16.8 Å². The molecule has 0 saturated heterocycles. The van der Waals surface area contributed by atoms with E-state index in [9.17, 15) is 9.59 Å². The molecule has 0 unspecified atom stereocenters. The van der Waals surface area contributed by atoms with Crippen molar-refractivity contribution in [3.05, 3.63) is 98.6 Å². The molecule has 9 heteroatoms. The molecule has 0 saturated carbocycles. The number of ether oxygens (including phenoxy) is 1. The number of carbonyl (C=O) groups is 1. The number of hydrogen-bond acceptors (Lipinski definition) is 6. The number of para-hydroxylation sites is 1. The van der Waals surface area contributed by atoms with Gasteiger partial charge >= 0.3 is 5.97 Å². The molecule has 0 aliphatic rings. The maximum Gasteiger partial charge on any atom is 0.343 e. The molecule has 1 N–H and O–H groups in total. The van der Waals surface area contributed by atoms with Gasteiger partial charge in [0, 0.05) is 10.9 Å². The molecule has 33 heavy (non-hydrogen) atoms. The number of rotatable bonds is 5. The molecule has 7 nitrogen and oxygen atoms in total. The van der Waals surface area contributed by atoms with Crippen LogP contribution in [-0.4, -0.2) is 25.7 Å². The zero-order valence-electron chi connectivity index (χ0n) is 17.4. The SMILES string of the molecule is Cc1nn(-c2ccccc2)c(Cl)c1C(=O)OCc1nc2scc(-c3ccccc3)c2c(=O)[nH]1. The first kappa shape index (κ1) is 21.1. The molecule has 5 rings (SSSR count). The van der Waals surface area contributed by atoms with Gasteiger partial charge in [0.2, 0.25) is 0 Å². The highest BCUT2D eigenvalue weighted by Gasteiger charge is 2.23. The highest BCUT2D eigenvalue weighted by molar-refractivity contribution is 7.17. The summed E-state index contributed by atoms with van der Waals surface area (Å²) in [7, 11) is 0. The zero-order valence-corrected chi connectivity index (χ0v) is 19.0. The number of benzene rings is 2. The van der Waals surface area contributed by atoms with Crippen LogP contribution in [-0.2, 0) is 11.3 Å². The standard InChI is InChI=1S/C24H17ClN4O3S/c1-14-19(21(25)29(28-14)16-10-6-3-7-11-16)24(31)32-12-18-26-22(30)20-17(13-33-23(20)27-18)15-8-4-2-5-9-15/h2-11,13H,12H2,1H3,(H,26,27,30). The van der Waals surface area contributed by atoms with Crippen molar-refractivity contribution >= 4 is 39.1 Å². The van der Waals surface area contributed by atoms with Gasteiger partial charge in [0.05, 0.1) is 16.8 Å². The Balaban J connectivity index is 1.39. The normalized spacial score (nSPS) is 11.1. The van der Waals surface area contributed by atoms with Crippen molar-refractivity contribution in [2.45, 2.75) is 13.5 Å². The van der Waals surface area contributed by atoms with Gasteiger partial charge in [0.25, 0.3) is 5.56 Å². The smallest absolute Gasteiger partial charge is 0.343 e. The first-order valence-electron chi connectivity index (χ1n) is 10.1. The Bertz CT molecular complexity index is 1520. The molecular weight excluding hydrogens is 460 g/mol. The fraction of sp³-hybridized carbons (Fsp3) is 0.0833. The van der Waals surface area contributed by atoms with Crippen LogP contribution < -0.4 is 5.56 Å². The van der Waals surface area contributed by atoms with Gasteiger partial charge in [-0.25, -0.2) is 14.5 Å². The molecular formula is C24H17ClN4O3S. The summed E-state index contributed by atoms with van der Waals surface area (Å²) in [6, 6.07) is 18.9. The van der Waals surface area contributed by atoms with E-state index >= 15 is 0 Å². The quantitative estimate of drug-likeness (QED) is 0.354. The molecule has 0 amide bonds. The summed E-state index contributed by atoms with van der Waals surface area (Å²) in [6.45, 7) is 1.49. The molecule has 0 spiro atoms. The zero-order chi connectivity index (χ0) is 22.9. The number of fused-ring (bicyclic) bond motifs is 1. The number of aryl methyl sites for hydroxylation is 1. The highest BCUT2D eigenvalue weighted by atomic mass is 35.5. The first-order valence-corrected chi connectivity index (χ1v) is 11.3. The summed E-state index contributed by atoms with van der Waals surface area (Å²) in [4.78, 5) is 33.3. The van der Waals surface area contributed by atoms with E-state index in [0.717, 1.165) is 16.8 Å².